The van der Waals surface area contributed by atoms with Crippen molar-refractivity contribution in [2.24, 2.45) is 28.6 Å². The van der Waals surface area contributed by atoms with Gasteiger partial charge in [-0.1, -0.05) is 13.8 Å². The van der Waals surface area contributed by atoms with Crippen LogP contribution in [0.3, 0.4) is 0 Å². The van der Waals surface area contributed by atoms with Crippen LogP contribution in [0, 0.1) is 28.6 Å². The molecule has 166 valence electrons. The fraction of sp³-hybridized carbons (Fsp3) is 0.955. The van der Waals surface area contributed by atoms with E-state index in [1.807, 2.05) is 0 Å². The predicted molar refractivity (Wildman–Crippen MR) is 104 cm³/mol. The molecule has 1 spiro atoms. The Labute approximate surface area is 172 Å². The Morgan fingerprint density at radius 3 is 2.17 bits per heavy atom. The Balaban J connectivity index is 1.90. The van der Waals surface area contributed by atoms with Crippen molar-refractivity contribution in [1.29, 1.82) is 0 Å². The van der Waals surface area contributed by atoms with Crippen LogP contribution in [-0.2, 0) is 9.53 Å². The summed E-state index contributed by atoms with van der Waals surface area (Å²) in [7, 11) is 0. The van der Waals surface area contributed by atoms with Gasteiger partial charge in [0, 0.05) is 29.6 Å². The maximum absolute atomic E-state index is 11.9. The second-order valence-electron chi connectivity index (χ2n) is 11.3. The molecule has 7 heteroatoms. The zero-order valence-electron chi connectivity index (χ0n) is 18.1. The van der Waals surface area contributed by atoms with Gasteiger partial charge in [0.25, 0.3) is 0 Å². The Hall–Kier alpha value is -0.730. The van der Waals surface area contributed by atoms with E-state index in [0.717, 1.165) is 0 Å². The van der Waals surface area contributed by atoms with Crippen LogP contribution < -0.4 is 0 Å². The molecule has 5 N–H and O–H groups in total. The van der Waals surface area contributed by atoms with E-state index in [9.17, 15) is 30.3 Å². The summed E-state index contributed by atoms with van der Waals surface area (Å²) in [5.41, 5.74) is -6.08. The number of rotatable bonds is 1. The highest BCUT2D eigenvalue weighted by Crippen LogP contribution is 2.70. The molecule has 0 aromatic rings. The van der Waals surface area contributed by atoms with E-state index in [-0.39, 0.29) is 31.1 Å². The number of carbonyl (C=O) groups excluding carboxylic acids is 1. The molecule has 0 amide bonds. The molecule has 2 bridgehead atoms. The number of aliphatic hydroxyl groups excluding tert-OH is 2. The fourth-order valence-corrected chi connectivity index (χ4v) is 8.14. The first-order valence-corrected chi connectivity index (χ1v) is 10.8. The average Bonchev–Trinajstić information content (AvgIpc) is 2.80. The van der Waals surface area contributed by atoms with Crippen molar-refractivity contribution in [1.82, 2.24) is 0 Å². The van der Waals surface area contributed by atoms with E-state index in [1.54, 1.807) is 27.7 Å². The summed E-state index contributed by atoms with van der Waals surface area (Å²) >= 11 is 0. The number of carbonyl (C=O) groups is 1. The summed E-state index contributed by atoms with van der Waals surface area (Å²) in [5, 5.41) is 57.0. The summed E-state index contributed by atoms with van der Waals surface area (Å²) in [4.78, 5) is 11.9. The summed E-state index contributed by atoms with van der Waals surface area (Å²) in [6, 6.07) is 0. The van der Waals surface area contributed by atoms with Gasteiger partial charge in [-0.05, 0) is 51.9 Å². The molecule has 4 aliphatic carbocycles. The van der Waals surface area contributed by atoms with Crippen molar-refractivity contribution in [3.05, 3.63) is 0 Å². The van der Waals surface area contributed by atoms with E-state index < -0.39 is 57.8 Å². The van der Waals surface area contributed by atoms with E-state index in [1.165, 1.54) is 6.92 Å². The largest absolute Gasteiger partial charge is 0.462 e. The van der Waals surface area contributed by atoms with Crippen molar-refractivity contribution >= 4 is 5.97 Å². The van der Waals surface area contributed by atoms with Gasteiger partial charge in [-0.3, -0.25) is 4.79 Å². The summed E-state index contributed by atoms with van der Waals surface area (Å²) in [6.07, 6.45) is -0.985. The molecule has 0 unspecified atom stereocenters. The van der Waals surface area contributed by atoms with Gasteiger partial charge in [0.1, 0.15) is 11.7 Å². The molecule has 0 saturated heterocycles. The molecular formula is C22H36O7. The number of ether oxygens (including phenoxy) is 1. The zero-order valence-corrected chi connectivity index (χ0v) is 18.1. The van der Waals surface area contributed by atoms with Crippen LogP contribution in [0.1, 0.15) is 66.7 Å². The topological polar surface area (TPSA) is 127 Å². The standard InChI is InChI=1S/C22H36O7/c1-11(23)29-17-12-6-7-13-20(5,27)14-8-15(24)18(2,3)22(14,28)16(25)9-21(13,17)10-19(12,4)26/h12-17,24-28H,6-10H2,1-5H3/t12-,13+,14+,15+,16-,17-,19-,20+,21+,22+/m1/s1. The second-order valence-corrected chi connectivity index (χ2v) is 11.3. The molecule has 0 aromatic carbocycles. The minimum atomic E-state index is -1.70. The van der Waals surface area contributed by atoms with Crippen LogP contribution in [0.4, 0.5) is 0 Å². The summed E-state index contributed by atoms with van der Waals surface area (Å²) < 4.78 is 5.75. The number of hydrogen-bond acceptors (Lipinski definition) is 7. The predicted octanol–water partition coefficient (Wildman–Crippen LogP) is 0.739. The van der Waals surface area contributed by atoms with Crippen LogP contribution in [0.25, 0.3) is 0 Å². The molecule has 0 aliphatic heterocycles. The normalized spacial score (nSPS) is 58.3. The molecule has 4 saturated carbocycles. The van der Waals surface area contributed by atoms with Crippen LogP contribution in [0.2, 0.25) is 0 Å². The average molecular weight is 413 g/mol. The molecule has 7 nitrogen and oxygen atoms in total. The maximum atomic E-state index is 11.9. The molecule has 0 aromatic heterocycles. The van der Waals surface area contributed by atoms with Gasteiger partial charge in [-0.2, -0.15) is 0 Å². The first-order chi connectivity index (χ1) is 13.1. The quantitative estimate of drug-likeness (QED) is 0.402. The second kappa shape index (κ2) is 5.94. The smallest absolute Gasteiger partial charge is 0.302 e. The molecule has 0 heterocycles. The van der Waals surface area contributed by atoms with Crippen molar-refractivity contribution in [3.8, 4) is 0 Å². The van der Waals surface area contributed by atoms with Crippen molar-refractivity contribution in [3.63, 3.8) is 0 Å². The minimum Gasteiger partial charge on any atom is -0.462 e. The molecule has 4 fully saturated rings. The Morgan fingerprint density at radius 2 is 1.59 bits per heavy atom. The van der Waals surface area contributed by atoms with Crippen molar-refractivity contribution < 1.29 is 35.1 Å². The highest BCUT2D eigenvalue weighted by molar-refractivity contribution is 5.66. The third kappa shape index (κ3) is 2.45. The first kappa shape index (κ1) is 21.5. The molecule has 4 aliphatic rings. The molecule has 0 radical (unpaired) electrons. The third-order valence-corrected chi connectivity index (χ3v) is 9.52. The highest BCUT2D eigenvalue weighted by atomic mass is 16.5. The van der Waals surface area contributed by atoms with Crippen molar-refractivity contribution in [2.75, 3.05) is 0 Å². The van der Waals surface area contributed by atoms with Gasteiger partial charge in [-0.25, -0.2) is 0 Å². The number of hydrogen-bond donors (Lipinski definition) is 5. The van der Waals surface area contributed by atoms with Gasteiger partial charge in [0.2, 0.25) is 0 Å². The number of esters is 1. The lowest BCUT2D eigenvalue weighted by Crippen LogP contribution is -2.60. The van der Waals surface area contributed by atoms with Crippen LogP contribution in [0.5, 0.6) is 0 Å². The number of aliphatic hydroxyl groups is 5. The molecule has 4 rings (SSSR count). The monoisotopic (exact) mass is 412 g/mol. The van der Waals surface area contributed by atoms with Gasteiger partial charge >= 0.3 is 5.97 Å². The molecule has 10 atom stereocenters. The van der Waals surface area contributed by atoms with Gasteiger partial charge in [-0.15, -0.1) is 0 Å². The molecular weight excluding hydrogens is 376 g/mol. The number of fused-ring (bicyclic) bond motifs is 2. The van der Waals surface area contributed by atoms with Gasteiger partial charge < -0.3 is 30.3 Å². The van der Waals surface area contributed by atoms with Crippen LogP contribution >= 0.6 is 0 Å². The van der Waals surface area contributed by atoms with Gasteiger partial charge in [0.15, 0.2) is 0 Å². The lowest BCUT2D eigenvalue weighted by Gasteiger charge is -2.51. The summed E-state index contributed by atoms with van der Waals surface area (Å²) in [6.45, 7) is 8.20. The van der Waals surface area contributed by atoms with E-state index in [4.69, 9.17) is 4.74 Å². The Bertz CT molecular complexity index is 716. The van der Waals surface area contributed by atoms with Crippen LogP contribution in [-0.4, -0.2) is 66.6 Å². The van der Waals surface area contributed by atoms with E-state index in [2.05, 4.69) is 0 Å². The Kier molecular flexibility index (Phi) is 4.41. The van der Waals surface area contributed by atoms with E-state index >= 15 is 0 Å². The third-order valence-electron chi connectivity index (χ3n) is 9.52. The molecule has 29 heavy (non-hydrogen) atoms. The highest BCUT2D eigenvalue weighted by Gasteiger charge is 2.77. The fourth-order valence-electron chi connectivity index (χ4n) is 8.14. The van der Waals surface area contributed by atoms with E-state index in [0.29, 0.717) is 12.8 Å². The minimum absolute atomic E-state index is 0.0988. The summed E-state index contributed by atoms with van der Waals surface area (Å²) in [5.74, 6) is -1.86. The Morgan fingerprint density at radius 1 is 0.966 bits per heavy atom. The maximum Gasteiger partial charge on any atom is 0.302 e. The van der Waals surface area contributed by atoms with Crippen molar-refractivity contribution in [2.45, 2.75) is 102 Å². The lowest BCUT2D eigenvalue weighted by molar-refractivity contribution is -0.202. The SMILES string of the molecule is CC(=O)O[C@@H]1[C@H]2CC[C@H]3[C@](C)(O)[C@@H]4C[C@H](O)C(C)(C)[C@@]4(O)[C@H](O)C[C@@]13C[C@@]2(C)O. The lowest BCUT2D eigenvalue weighted by atomic mass is 9.57. The van der Waals surface area contributed by atoms with Crippen LogP contribution in [0.15, 0.2) is 0 Å². The zero-order chi connectivity index (χ0) is 21.8. The van der Waals surface area contributed by atoms with Gasteiger partial charge in [0.05, 0.1) is 23.4 Å². The first-order valence-electron chi connectivity index (χ1n) is 10.8.